The highest BCUT2D eigenvalue weighted by Crippen LogP contribution is 2.25. The fourth-order valence-corrected chi connectivity index (χ4v) is 2.32. The number of hydrogen-bond donors (Lipinski definition) is 3. The second kappa shape index (κ2) is 6.73. The number of carbonyl (C=O) groups excluding carboxylic acids is 1. The van der Waals surface area contributed by atoms with Gasteiger partial charge >= 0.3 is 5.97 Å². The molecule has 1 fully saturated rings. The maximum Gasteiger partial charge on any atom is 0.306 e. The van der Waals surface area contributed by atoms with Crippen molar-refractivity contribution in [1.82, 2.24) is 5.32 Å². The second-order valence-corrected chi connectivity index (χ2v) is 5.35. The zero-order valence-corrected chi connectivity index (χ0v) is 11.1. The van der Waals surface area contributed by atoms with Gasteiger partial charge < -0.3 is 16.2 Å². The first-order valence-corrected chi connectivity index (χ1v) is 6.76. The molecule has 0 aromatic rings. The van der Waals surface area contributed by atoms with E-state index in [0.29, 0.717) is 19.4 Å². The standard InChI is InChI=1S/C13H24N2O3/c1-10(11(16)17)6-5-9-15-12(18)13(14)7-3-2-4-8-13/h10H,2-9,14H2,1H3,(H,15,18)(H,16,17). The summed E-state index contributed by atoms with van der Waals surface area (Å²) in [5.74, 6) is -1.22. The van der Waals surface area contributed by atoms with Crippen LogP contribution in [0.2, 0.25) is 0 Å². The second-order valence-electron chi connectivity index (χ2n) is 5.35. The van der Waals surface area contributed by atoms with Crippen LogP contribution in [0.5, 0.6) is 0 Å². The average molecular weight is 256 g/mol. The van der Waals surface area contributed by atoms with Crippen LogP contribution in [0, 0.1) is 5.92 Å². The van der Waals surface area contributed by atoms with Gasteiger partial charge in [-0.25, -0.2) is 0 Å². The van der Waals surface area contributed by atoms with Crippen molar-refractivity contribution in [3.63, 3.8) is 0 Å². The third-order valence-electron chi connectivity index (χ3n) is 3.72. The Labute approximate surface area is 108 Å². The van der Waals surface area contributed by atoms with E-state index in [2.05, 4.69) is 5.32 Å². The summed E-state index contributed by atoms with van der Waals surface area (Å²) >= 11 is 0. The molecule has 4 N–H and O–H groups in total. The first-order valence-electron chi connectivity index (χ1n) is 6.76. The van der Waals surface area contributed by atoms with Crippen molar-refractivity contribution in [3.8, 4) is 0 Å². The molecule has 1 unspecified atom stereocenters. The molecule has 0 aromatic carbocycles. The summed E-state index contributed by atoms with van der Waals surface area (Å²) in [6, 6.07) is 0. The Balaban J connectivity index is 2.22. The fourth-order valence-electron chi connectivity index (χ4n) is 2.32. The quantitative estimate of drug-likeness (QED) is 0.624. The summed E-state index contributed by atoms with van der Waals surface area (Å²) < 4.78 is 0. The van der Waals surface area contributed by atoms with Gasteiger partial charge in [-0.05, 0) is 25.7 Å². The molecule has 5 nitrogen and oxygen atoms in total. The number of aliphatic carboxylic acids is 1. The number of carboxylic acids is 1. The molecule has 0 bridgehead atoms. The van der Waals surface area contributed by atoms with Gasteiger partial charge in [-0.3, -0.25) is 9.59 Å². The van der Waals surface area contributed by atoms with E-state index < -0.39 is 11.5 Å². The summed E-state index contributed by atoms with van der Waals surface area (Å²) in [5.41, 5.74) is 5.39. The van der Waals surface area contributed by atoms with Crippen LogP contribution in [0.15, 0.2) is 0 Å². The van der Waals surface area contributed by atoms with E-state index in [1.165, 1.54) is 0 Å². The minimum atomic E-state index is -0.788. The predicted molar refractivity (Wildman–Crippen MR) is 69.0 cm³/mol. The molecule has 1 atom stereocenters. The van der Waals surface area contributed by atoms with Gasteiger partial charge in [-0.2, -0.15) is 0 Å². The zero-order valence-electron chi connectivity index (χ0n) is 11.1. The molecule has 18 heavy (non-hydrogen) atoms. The van der Waals surface area contributed by atoms with E-state index >= 15 is 0 Å². The molecule has 1 aliphatic carbocycles. The van der Waals surface area contributed by atoms with Crippen molar-refractivity contribution in [2.24, 2.45) is 11.7 Å². The first kappa shape index (κ1) is 15.0. The van der Waals surface area contributed by atoms with Crippen LogP contribution in [-0.4, -0.2) is 29.1 Å². The number of amides is 1. The van der Waals surface area contributed by atoms with E-state index in [0.717, 1.165) is 32.1 Å². The normalized spacial score (nSPS) is 20.1. The van der Waals surface area contributed by atoms with Crippen molar-refractivity contribution >= 4 is 11.9 Å². The number of nitrogens with two attached hydrogens (primary N) is 1. The number of hydrogen-bond acceptors (Lipinski definition) is 3. The SMILES string of the molecule is CC(CCCNC(=O)C1(N)CCCCC1)C(=O)O. The Morgan fingerprint density at radius 3 is 2.50 bits per heavy atom. The smallest absolute Gasteiger partial charge is 0.306 e. The molecule has 1 saturated carbocycles. The lowest BCUT2D eigenvalue weighted by Crippen LogP contribution is -2.55. The highest BCUT2D eigenvalue weighted by molar-refractivity contribution is 5.86. The first-order chi connectivity index (χ1) is 8.46. The maximum atomic E-state index is 11.9. The molecule has 0 radical (unpaired) electrons. The van der Waals surface area contributed by atoms with Crippen LogP contribution in [0.25, 0.3) is 0 Å². The Hall–Kier alpha value is -1.10. The lowest BCUT2D eigenvalue weighted by atomic mass is 9.82. The highest BCUT2D eigenvalue weighted by atomic mass is 16.4. The van der Waals surface area contributed by atoms with Gasteiger partial charge in [0.1, 0.15) is 0 Å². The number of carbonyl (C=O) groups is 2. The highest BCUT2D eigenvalue weighted by Gasteiger charge is 2.34. The third-order valence-corrected chi connectivity index (χ3v) is 3.72. The lowest BCUT2D eigenvalue weighted by Gasteiger charge is -2.31. The van der Waals surface area contributed by atoms with Crippen molar-refractivity contribution in [3.05, 3.63) is 0 Å². The van der Waals surface area contributed by atoms with Gasteiger partial charge in [0.2, 0.25) is 5.91 Å². The zero-order chi connectivity index (χ0) is 13.6. The van der Waals surface area contributed by atoms with Gasteiger partial charge in [0.15, 0.2) is 0 Å². The molecule has 0 aliphatic heterocycles. The van der Waals surface area contributed by atoms with Crippen LogP contribution in [0.4, 0.5) is 0 Å². The predicted octanol–water partition coefficient (Wildman–Crippen LogP) is 1.27. The van der Waals surface area contributed by atoms with Crippen molar-refractivity contribution < 1.29 is 14.7 Å². The molecule has 0 aromatic heterocycles. The minimum absolute atomic E-state index is 0.0785. The summed E-state index contributed by atoms with van der Waals surface area (Å²) in [7, 11) is 0. The van der Waals surface area contributed by atoms with Gasteiger partial charge in [-0.15, -0.1) is 0 Å². The Kier molecular flexibility index (Phi) is 5.59. The molecular formula is C13H24N2O3. The molecule has 0 heterocycles. The van der Waals surface area contributed by atoms with Gasteiger partial charge in [0, 0.05) is 6.54 Å². The van der Waals surface area contributed by atoms with Crippen LogP contribution in [-0.2, 0) is 9.59 Å². The summed E-state index contributed by atoms with van der Waals surface area (Å²) in [6.07, 6.45) is 5.94. The van der Waals surface area contributed by atoms with E-state index in [4.69, 9.17) is 10.8 Å². The number of rotatable bonds is 6. The summed E-state index contributed by atoms with van der Waals surface area (Å²) in [6.45, 7) is 2.19. The molecule has 104 valence electrons. The van der Waals surface area contributed by atoms with Gasteiger partial charge in [-0.1, -0.05) is 26.2 Å². The van der Waals surface area contributed by atoms with Crippen molar-refractivity contribution in [2.45, 2.75) is 57.4 Å². The van der Waals surface area contributed by atoms with Crippen molar-refractivity contribution in [2.75, 3.05) is 6.54 Å². The van der Waals surface area contributed by atoms with Crippen LogP contribution >= 0.6 is 0 Å². The Morgan fingerprint density at radius 1 is 1.33 bits per heavy atom. The van der Waals surface area contributed by atoms with E-state index in [9.17, 15) is 9.59 Å². The molecule has 1 aliphatic rings. The van der Waals surface area contributed by atoms with Gasteiger partial charge in [0.25, 0.3) is 0 Å². The molecular weight excluding hydrogens is 232 g/mol. The van der Waals surface area contributed by atoms with Gasteiger partial charge in [0.05, 0.1) is 11.5 Å². The summed E-state index contributed by atoms with van der Waals surface area (Å²) in [4.78, 5) is 22.6. The van der Waals surface area contributed by atoms with E-state index in [1.807, 2.05) is 0 Å². The lowest BCUT2D eigenvalue weighted by molar-refractivity contribution is -0.141. The number of carboxylic acid groups (broad SMARTS) is 1. The molecule has 0 spiro atoms. The monoisotopic (exact) mass is 256 g/mol. The van der Waals surface area contributed by atoms with E-state index in [-0.39, 0.29) is 11.8 Å². The topological polar surface area (TPSA) is 92.4 Å². The fraction of sp³-hybridized carbons (Fsp3) is 0.846. The van der Waals surface area contributed by atoms with Crippen LogP contribution < -0.4 is 11.1 Å². The molecule has 1 amide bonds. The largest absolute Gasteiger partial charge is 0.481 e. The van der Waals surface area contributed by atoms with Crippen LogP contribution in [0.1, 0.15) is 51.9 Å². The average Bonchev–Trinajstić information content (AvgIpc) is 2.34. The number of nitrogens with one attached hydrogen (secondary N) is 1. The van der Waals surface area contributed by atoms with Crippen molar-refractivity contribution in [1.29, 1.82) is 0 Å². The van der Waals surface area contributed by atoms with Crippen LogP contribution in [0.3, 0.4) is 0 Å². The molecule has 1 rings (SSSR count). The molecule has 5 heteroatoms. The summed E-state index contributed by atoms with van der Waals surface area (Å²) in [5, 5.41) is 11.6. The maximum absolute atomic E-state index is 11.9. The minimum Gasteiger partial charge on any atom is -0.481 e. The third kappa shape index (κ3) is 4.29. The Bertz CT molecular complexity index is 299. The van der Waals surface area contributed by atoms with E-state index in [1.54, 1.807) is 6.92 Å². The Morgan fingerprint density at radius 2 is 1.94 bits per heavy atom. The molecule has 0 saturated heterocycles.